The molecule has 0 spiro atoms. The highest BCUT2D eigenvalue weighted by atomic mass is 16.1. The van der Waals surface area contributed by atoms with Crippen LogP contribution >= 0.6 is 0 Å². The molecule has 0 aliphatic heterocycles. The maximum atomic E-state index is 12.5. The molecule has 0 bridgehead atoms. The standard InChI is InChI=1S/C17H19NO/c1-11(2)13-8-7-12(3)16(10-13)17(19)14-5-4-6-15(18)9-14/h4-11H,18H2,1-3H3. The second kappa shape index (κ2) is 5.27. The van der Waals surface area contributed by atoms with Crippen LogP contribution in [0, 0.1) is 6.92 Å². The second-order valence-corrected chi connectivity index (χ2v) is 5.18. The van der Waals surface area contributed by atoms with Crippen molar-refractivity contribution in [2.75, 3.05) is 5.73 Å². The molecule has 0 fully saturated rings. The van der Waals surface area contributed by atoms with Crippen molar-refractivity contribution in [3.05, 3.63) is 64.7 Å². The number of carbonyl (C=O) groups is 1. The molecule has 0 atom stereocenters. The van der Waals surface area contributed by atoms with E-state index in [0.29, 0.717) is 17.2 Å². The maximum absolute atomic E-state index is 12.5. The minimum atomic E-state index is 0.0345. The molecule has 2 nitrogen and oxygen atoms in total. The molecule has 0 saturated heterocycles. The Bertz CT molecular complexity index is 614. The molecule has 98 valence electrons. The van der Waals surface area contributed by atoms with Crippen molar-refractivity contribution in [3.63, 3.8) is 0 Å². The Morgan fingerprint density at radius 2 is 1.84 bits per heavy atom. The van der Waals surface area contributed by atoms with Crippen LogP contribution in [0.4, 0.5) is 5.69 Å². The molecule has 0 aliphatic carbocycles. The van der Waals surface area contributed by atoms with Crippen molar-refractivity contribution in [1.29, 1.82) is 0 Å². The van der Waals surface area contributed by atoms with Crippen LogP contribution in [-0.4, -0.2) is 5.78 Å². The van der Waals surface area contributed by atoms with Gasteiger partial charge in [-0.15, -0.1) is 0 Å². The normalized spacial score (nSPS) is 10.7. The van der Waals surface area contributed by atoms with Gasteiger partial charge >= 0.3 is 0 Å². The number of nitrogen functional groups attached to an aromatic ring is 1. The van der Waals surface area contributed by atoms with Gasteiger partial charge in [-0.2, -0.15) is 0 Å². The summed E-state index contributed by atoms with van der Waals surface area (Å²) < 4.78 is 0. The van der Waals surface area contributed by atoms with E-state index in [9.17, 15) is 4.79 Å². The fourth-order valence-electron chi connectivity index (χ4n) is 2.08. The number of ketones is 1. The summed E-state index contributed by atoms with van der Waals surface area (Å²) in [5.41, 5.74) is 9.93. The zero-order valence-electron chi connectivity index (χ0n) is 11.6. The number of hydrogen-bond acceptors (Lipinski definition) is 2. The lowest BCUT2D eigenvalue weighted by atomic mass is 9.93. The number of benzene rings is 2. The van der Waals surface area contributed by atoms with Gasteiger partial charge in [0.25, 0.3) is 0 Å². The third kappa shape index (κ3) is 2.84. The van der Waals surface area contributed by atoms with E-state index in [1.807, 2.05) is 25.1 Å². The average Bonchev–Trinajstić information content (AvgIpc) is 2.38. The van der Waals surface area contributed by atoms with Crippen molar-refractivity contribution in [1.82, 2.24) is 0 Å². The Labute approximate surface area is 114 Å². The van der Waals surface area contributed by atoms with Gasteiger partial charge in [0.15, 0.2) is 5.78 Å². The molecule has 0 amide bonds. The van der Waals surface area contributed by atoms with Crippen molar-refractivity contribution >= 4 is 11.5 Å². The SMILES string of the molecule is Cc1ccc(C(C)C)cc1C(=O)c1cccc(N)c1. The van der Waals surface area contributed by atoms with Crippen LogP contribution in [0.25, 0.3) is 0 Å². The Balaban J connectivity index is 2.46. The lowest BCUT2D eigenvalue weighted by Crippen LogP contribution is -2.05. The second-order valence-electron chi connectivity index (χ2n) is 5.18. The zero-order valence-corrected chi connectivity index (χ0v) is 11.6. The van der Waals surface area contributed by atoms with Crippen LogP contribution in [0.5, 0.6) is 0 Å². The number of carbonyl (C=O) groups excluding carboxylic acids is 1. The molecule has 2 rings (SSSR count). The Hall–Kier alpha value is -2.09. The highest BCUT2D eigenvalue weighted by Gasteiger charge is 2.13. The van der Waals surface area contributed by atoms with Gasteiger partial charge in [-0.05, 0) is 42.2 Å². The number of anilines is 1. The van der Waals surface area contributed by atoms with E-state index in [2.05, 4.69) is 19.9 Å². The maximum Gasteiger partial charge on any atom is 0.193 e. The number of aryl methyl sites for hydroxylation is 1. The van der Waals surface area contributed by atoms with E-state index in [1.165, 1.54) is 5.56 Å². The van der Waals surface area contributed by atoms with Crippen molar-refractivity contribution in [3.8, 4) is 0 Å². The van der Waals surface area contributed by atoms with Gasteiger partial charge in [0, 0.05) is 16.8 Å². The Morgan fingerprint density at radius 3 is 2.47 bits per heavy atom. The molecule has 0 radical (unpaired) electrons. The zero-order chi connectivity index (χ0) is 14.0. The quantitative estimate of drug-likeness (QED) is 0.665. The van der Waals surface area contributed by atoms with Crippen LogP contribution in [-0.2, 0) is 0 Å². The van der Waals surface area contributed by atoms with Crippen molar-refractivity contribution in [2.45, 2.75) is 26.7 Å². The minimum absolute atomic E-state index is 0.0345. The first-order valence-electron chi connectivity index (χ1n) is 6.50. The molecule has 0 aliphatic rings. The summed E-state index contributed by atoms with van der Waals surface area (Å²) in [5, 5.41) is 0. The summed E-state index contributed by atoms with van der Waals surface area (Å²) in [6, 6.07) is 13.2. The molecule has 0 unspecified atom stereocenters. The molecule has 2 aromatic rings. The van der Waals surface area contributed by atoms with E-state index in [4.69, 9.17) is 5.73 Å². The average molecular weight is 253 g/mol. The van der Waals surface area contributed by atoms with Gasteiger partial charge in [-0.25, -0.2) is 0 Å². The van der Waals surface area contributed by atoms with Gasteiger partial charge in [-0.1, -0.05) is 38.1 Å². The molecule has 19 heavy (non-hydrogen) atoms. The van der Waals surface area contributed by atoms with E-state index in [1.54, 1.807) is 18.2 Å². The number of hydrogen-bond donors (Lipinski definition) is 1. The van der Waals surface area contributed by atoms with Gasteiger partial charge in [-0.3, -0.25) is 4.79 Å². The summed E-state index contributed by atoms with van der Waals surface area (Å²) in [6.07, 6.45) is 0. The van der Waals surface area contributed by atoms with E-state index >= 15 is 0 Å². The monoisotopic (exact) mass is 253 g/mol. The summed E-state index contributed by atoms with van der Waals surface area (Å²) in [6.45, 7) is 6.21. The third-order valence-electron chi connectivity index (χ3n) is 3.32. The number of nitrogens with two attached hydrogens (primary N) is 1. The van der Waals surface area contributed by atoms with Crippen molar-refractivity contribution < 1.29 is 4.79 Å². The summed E-state index contributed by atoms with van der Waals surface area (Å²) in [4.78, 5) is 12.5. The van der Waals surface area contributed by atoms with E-state index < -0.39 is 0 Å². The van der Waals surface area contributed by atoms with Gasteiger partial charge in [0.05, 0.1) is 0 Å². The van der Waals surface area contributed by atoms with Gasteiger partial charge in [0.2, 0.25) is 0 Å². The lowest BCUT2D eigenvalue weighted by Gasteiger charge is -2.11. The smallest absolute Gasteiger partial charge is 0.193 e. The lowest BCUT2D eigenvalue weighted by molar-refractivity contribution is 0.103. The third-order valence-corrected chi connectivity index (χ3v) is 3.32. The molecule has 0 heterocycles. The highest BCUT2D eigenvalue weighted by molar-refractivity contribution is 6.10. The molecule has 2 heteroatoms. The molecular formula is C17H19NO. The van der Waals surface area contributed by atoms with Crippen LogP contribution in [0.1, 0.15) is 46.8 Å². The fourth-order valence-corrected chi connectivity index (χ4v) is 2.08. The molecule has 2 aromatic carbocycles. The summed E-state index contributed by atoms with van der Waals surface area (Å²) >= 11 is 0. The summed E-state index contributed by atoms with van der Waals surface area (Å²) in [5.74, 6) is 0.445. The van der Waals surface area contributed by atoms with Crippen molar-refractivity contribution in [2.24, 2.45) is 0 Å². The van der Waals surface area contributed by atoms with Crippen LogP contribution in [0.15, 0.2) is 42.5 Å². The largest absolute Gasteiger partial charge is 0.399 e. The predicted molar refractivity (Wildman–Crippen MR) is 79.6 cm³/mol. The van der Waals surface area contributed by atoms with Crippen LogP contribution < -0.4 is 5.73 Å². The van der Waals surface area contributed by atoms with Crippen LogP contribution in [0.2, 0.25) is 0 Å². The summed E-state index contributed by atoms with van der Waals surface area (Å²) in [7, 11) is 0. The number of rotatable bonds is 3. The first-order chi connectivity index (χ1) is 8.99. The Morgan fingerprint density at radius 1 is 1.11 bits per heavy atom. The van der Waals surface area contributed by atoms with Gasteiger partial charge in [0.1, 0.15) is 0 Å². The Kier molecular flexibility index (Phi) is 3.70. The fraction of sp³-hybridized carbons (Fsp3) is 0.235. The first-order valence-corrected chi connectivity index (χ1v) is 6.50. The highest BCUT2D eigenvalue weighted by Crippen LogP contribution is 2.21. The van der Waals surface area contributed by atoms with E-state index in [-0.39, 0.29) is 5.78 Å². The molecular weight excluding hydrogens is 234 g/mol. The predicted octanol–water partition coefficient (Wildman–Crippen LogP) is 3.93. The van der Waals surface area contributed by atoms with Gasteiger partial charge < -0.3 is 5.73 Å². The molecule has 0 aromatic heterocycles. The van der Waals surface area contributed by atoms with Crippen LogP contribution in [0.3, 0.4) is 0 Å². The molecule has 2 N–H and O–H groups in total. The topological polar surface area (TPSA) is 43.1 Å². The molecule has 0 saturated carbocycles. The first kappa shape index (κ1) is 13.3. The minimum Gasteiger partial charge on any atom is -0.399 e. The van der Waals surface area contributed by atoms with E-state index in [0.717, 1.165) is 11.1 Å².